The minimum absolute atomic E-state index is 0.140. The van der Waals surface area contributed by atoms with Crippen molar-refractivity contribution in [1.82, 2.24) is 9.62 Å². The van der Waals surface area contributed by atoms with Gasteiger partial charge in [0.1, 0.15) is 0 Å². The highest BCUT2D eigenvalue weighted by Crippen LogP contribution is 2.29. The van der Waals surface area contributed by atoms with Gasteiger partial charge in [-0.05, 0) is 51.6 Å². The molecule has 1 saturated carbocycles. The van der Waals surface area contributed by atoms with Crippen molar-refractivity contribution in [3.8, 4) is 0 Å². The van der Waals surface area contributed by atoms with Crippen LogP contribution in [0, 0.1) is 0 Å². The van der Waals surface area contributed by atoms with Crippen molar-refractivity contribution in [3.05, 3.63) is 0 Å². The van der Waals surface area contributed by atoms with Crippen LogP contribution in [0.2, 0.25) is 0 Å². The lowest BCUT2D eigenvalue weighted by Crippen LogP contribution is -2.45. The number of nitrogens with one attached hydrogen (secondary N) is 1. The molecular formula is C12H23ClN2O2S. The minimum atomic E-state index is -3.10. The summed E-state index contributed by atoms with van der Waals surface area (Å²) in [6.45, 7) is 2.08. The first-order valence-electron chi connectivity index (χ1n) is 6.91. The fraction of sp³-hybridized carbons (Fsp3) is 1.00. The van der Waals surface area contributed by atoms with Crippen molar-refractivity contribution < 1.29 is 8.42 Å². The standard InChI is InChI=1S/C12H23ClN2O2S/c13-7-1-2-10-18(16,17)14-11-5-8-15(9-6-11)12-3-4-12/h11-12,14H,1-10H2. The van der Waals surface area contributed by atoms with E-state index in [1.807, 2.05) is 0 Å². The summed E-state index contributed by atoms with van der Waals surface area (Å²) in [4.78, 5) is 2.50. The van der Waals surface area contributed by atoms with Crippen LogP contribution < -0.4 is 4.72 Å². The Labute approximate surface area is 115 Å². The maximum absolute atomic E-state index is 11.8. The minimum Gasteiger partial charge on any atom is -0.300 e. The van der Waals surface area contributed by atoms with Crippen molar-refractivity contribution in [3.63, 3.8) is 0 Å². The van der Waals surface area contributed by atoms with E-state index in [0.29, 0.717) is 12.3 Å². The molecule has 0 unspecified atom stereocenters. The van der Waals surface area contributed by atoms with Crippen LogP contribution in [0.5, 0.6) is 0 Å². The molecular weight excluding hydrogens is 272 g/mol. The molecule has 2 fully saturated rings. The van der Waals surface area contributed by atoms with E-state index in [4.69, 9.17) is 11.6 Å². The van der Waals surface area contributed by atoms with E-state index in [9.17, 15) is 8.42 Å². The van der Waals surface area contributed by atoms with Gasteiger partial charge in [-0.2, -0.15) is 0 Å². The third-order valence-corrected chi connectivity index (χ3v) is 5.52. The summed E-state index contributed by atoms with van der Waals surface area (Å²) in [5.41, 5.74) is 0. The molecule has 0 aromatic carbocycles. The molecule has 0 atom stereocenters. The van der Waals surface area contributed by atoms with Crippen LogP contribution >= 0.6 is 11.6 Å². The number of halogens is 1. The summed E-state index contributed by atoms with van der Waals surface area (Å²) >= 11 is 5.55. The van der Waals surface area contributed by atoms with Crippen molar-refractivity contribution in [2.45, 2.75) is 50.6 Å². The number of piperidine rings is 1. The molecule has 4 nitrogen and oxygen atoms in total. The van der Waals surface area contributed by atoms with Gasteiger partial charge < -0.3 is 4.90 Å². The van der Waals surface area contributed by atoms with Crippen LogP contribution in [0.15, 0.2) is 0 Å². The normalized spacial score (nSPS) is 23.4. The van der Waals surface area contributed by atoms with E-state index < -0.39 is 10.0 Å². The SMILES string of the molecule is O=S(=O)(CCCCCl)NC1CCN(C2CC2)CC1. The van der Waals surface area contributed by atoms with E-state index in [0.717, 1.165) is 38.4 Å². The van der Waals surface area contributed by atoms with Gasteiger partial charge in [-0.25, -0.2) is 13.1 Å². The first kappa shape index (κ1) is 14.6. The van der Waals surface area contributed by atoms with Gasteiger partial charge >= 0.3 is 0 Å². The summed E-state index contributed by atoms with van der Waals surface area (Å²) in [6, 6.07) is 0.937. The second kappa shape index (κ2) is 6.55. The molecule has 1 saturated heterocycles. The zero-order valence-electron chi connectivity index (χ0n) is 10.8. The average Bonchev–Trinajstić information content (AvgIpc) is 3.14. The average molecular weight is 295 g/mol. The molecule has 1 N–H and O–H groups in total. The lowest BCUT2D eigenvalue weighted by Gasteiger charge is -2.32. The van der Waals surface area contributed by atoms with E-state index >= 15 is 0 Å². The van der Waals surface area contributed by atoms with Crippen LogP contribution in [0.1, 0.15) is 38.5 Å². The van der Waals surface area contributed by atoms with E-state index in [1.165, 1.54) is 12.8 Å². The van der Waals surface area contributed by atoms with Crippen LogP contribution in [0.3, 0.4) is 0 Å². The molecule has 2 rings (SSSR count). The second-order valence-electron chi connectivity index (χ2n) is 5.37. The predicted octanol–water partition coefficient (Wildman–Crippen LogP) is 1.55. The Balaban J connectivity index is 1.69. The summed E-state index contributed by atoms with van der Waals surface area (Å²) in [7, 11) is -3.10. The third kappa shape index (κ3) is 4.68. The van der Waals surface area contributed by atoms with Gasteiger partial charge in [0.15, 0.2) is 0 Å². The summed E-state index contributed by atoms with van der Waals surface area (Å²) < 4.78 is 26.5. The van der Waals surface area contributed by atoms with Crippen LogP contribution in [-0.2, 0) is 10.0 Å². The van der Waals surface area contributed by atoms with Gasteiger partial charge in [0.2, 0.25) is 10.0 Å². The molecule has 0 bridgehead atoms. The fourth-order valence-corrected chi connectivity index (χ4v) is 4.16. The highest BCUT2D eigenvalue weighted by atomic mass is 35.5. The highest BCUT2D eigenvalue weighted by Gasteiger charge is 2.32. The number of unbranched alkanes of at least 4 members (excludes halogenated alkanes) is 1. The van der Waals surface area contributed by atoms with Crippen molar-refractivity contribution in [2.24, 2.45) is 0 Å². The molecule has 0 aromatic rings. The predicted molar refractivity (Wildman–Crippen MR) is 74.5 cm³/mol. The van der Waals surface area contributed by atoms with Gasteiger partial charge in [-0.1, -0.05) is 0 Å². The maximum atomic E-state index is 11.8. The van der Waals surface area contributed by atoms with Gasteiger partial charge in [-0.15, -0.1) is 11.6 Å². The molecule has 6 heteroatoms. The molecule has 1 aliphatic carbocycles. The number of likely N-dealkylation sites (tertiary alicyclic amines) is 1. The maximum Gasteiger partial charge on any atom is 0.211 e. The highest BCUT2D eigenvalue weighted by molar-refractivity contribution is 7.89. The van der Waals surface area contributed by atoms with Crippen LogP contribution in [-0.4, -0.2) is 50.1 Å². The molecule has 0 radical (unpaired) electrons. The monoisotopic (exact) mass is 294 g/mol. The Hall–Kier alpha value is 0.160. The van der Waals surface area contributed by atoms with E-state index in [1.54, 1.807) is 0 Å². The van der Waals surface area contributed by atoms with E-state index in [2.05, 4.69) is 9.62 Å². The van der Waals surface area contributed by atoms with Gasteiger partial charge in [0, 0.05) is 18.0 Å². The van der Waals surface area contributed by atoms with Gasteiger partial charge in [0.25, 0.3) is 0 Å². The Morgan fingerprint density at radius 2 is 1.78 bits per heavy atom. The first-order chi connectivity index (χ1) is 8.61. The number of hydrogen-bond donors (Lipinski definition) is 1. The van der Waals surface area contributed by atoms with Crippen molar-refractivity contribution in [1.29, 1.82) is 0 Å². The largest absolute Gasteiger partial charge is 0.300 e. The second-order valence-corrected chi connectivity index (χ2v) is 7.63. The first-order valence-corrected chi connectivity index (χ1v) is 9.09. The smallest absolute Gasteiger partial charge is 0.211 e. The number of alkyl halides is 1. The lowest BCUT2D eigenvalue weighted by atomic mass is 10.1. The number of nitrogens with zero attached hydrogens (tertiary/aromatic N) is 1. The molecule has 0 spiro atoms. The quantitative estimate of drug-likeness (QED) is 0.572. The summed E-state index contributed by atoms with van der Waals surface area (Å²) in [6.07, 6.45) is 5.97. The van der Waals surface area contributed by atoms with Crippen LogP contribution in [0.25, 0.3) is 0 Å². The Morgan fingerprint density at radius 1 is 1.11 bits per heavy atom. The Bertz CT molecular complexity index is 349. The number of sulfonamides is 1. The topological polar surface area (TPSA) is 49.4 Å². The zero-order chi connectivity index (χ0) is 13.0. The number of hydrogen-bond acceptors (Lipinski definition) is 3. The molecule has 1 aliphatic heterocycles. The summed E-state index contributed by atoms with van der Waals surface area (Å²) in [5, 5.41) is 0. The Kier molecular flexibility index (Phi) is 5.30. The molecule has 0 amide bonds. The molecule has 2 aliphatic rings. The van der Waals surface area contributed by atoms with Gasteiger partial charge in [-0.3, -0.25) is 0 Å². The fourth-order valence-electron chi connectivity index (χ4n) is 2.52. The molecule has 0 aromatic heterocycles. The molecule has 106 valence electrons. The molecule has 18 heavy (non-hydrogen) atoms. The van der Waals surface area contributed by atoms with Crippen molar-refractivity contribution in [2.75, 3.05) is 24.7 Å². The third-order valence-electron chi connectivity index (χ3n) is 3.74. The van der Waals surface area contributed by atoms with Crippen molar-refractivity contribution >= 4 is 21.6 Å². The summed E-state index contributed by atoms with van der Waals surface area (Å²) in [5.74, 6) is 0.748. The van der Waals surface area contributed by atoms with Crippen LogP contribution in [0.4, 0.5) is 0 Å². The Morgan fingerprint density at radius 3 is 2.33 bits per heavy atom. The number of rotatable bonds is 7. The lowest BCUT2D eigenvalue weighted by molar-refractivity contribution is 0.199. The van der Waals surface area contributed by atoms with E-state index in [-0.39, 0.29) is 11.8 Å². The zero-order valence-corrected chi connectivity index (χ0v) is 12.3. The molecule has 1 heterocycles. The van der Waals surface area contributed by atoms with Gasteiger partial charge in [0.05, 0.1) is 5.75 Å².